The summed E-state index contributed by atoms with van der Waals surface area (Å²) in [4.78, 5) is 25.5. The summed E-state index contributed by atoms with van der Waals surface area (Å²) in [6, 6.07) is 0.646. The van der Waals surface area contributed by atoms with Gasteiger partial charge in [-0.25, -0.2) is 4.79 Å². The molecular weight excluding hydrogens is 262 g/mol. The number of nitrogens with one attached hydrogen (secondary N) is 1. The lowest BCUT2D eigenvalue weighted by molar-refractivity contribution is -0.384. The summed E-state index contributed by atoms with van der Waals surface area (Å²) >= 11 is 0. The Balaban J connectivity index is 2.20. The zero-order valence-corrected chi connectivity index (χ0v) is 11.0. The second-order valence-electron chi connectivity index (χ2n) is 5.01. The van der Waals surface area contributed by atoms with Gasteiger partial charge < -0.3 is 10.4 Å². The maximum Gasteiger partial charge on any atom is 0.326 e. The topological polar surface area (TPSA) is 105 Å². The van der Waals surface area contributed by atoms with E-state index in [1.807, 2.05) is 0 Å². The van der Waals surface area contributed by atoms with Crippen molar-refractivity contribution in [2.24, 2.45) is 5.92 Å². The van der Waals surface area contributed by atoms with E-state index in [9.17, 15) is 20.0 Å². The highest BCUT2D eigenvalue weighted by molar-refractivity contribution is 5.79. The number of carbonyl (C=O) groups is 1. The largest absolute Gasteiger partial charge is 0.480 e. The van der Waals surface area contributed by atoms with Crippen molar-refractivity contribution in [3.8, 4) is 0 Å². The molecule has 2 rings (SSSR count). The monoisotopic (exact) mass is 279 g/mol. The number of anilines is 1. The van der Waals surface area contributed by atoms with Gasteiger partial charge in [-0.2, -0.15) is 0 Å². The molecule has 1 heterocycles. The van der Waals surface area contributed by atoms with E-state index >= 15 is 0 Å². The number of nitrogens with zero attached hydrogens (tertiary/aromatic N) is 2. The predicted molar refractivity (Wildman–Crippen MR) is 72.5 cm³/mol. The Morgan fingerprint density at radius 3 is 2.75 bits per heavy atom. The number of aliphatic carboxylic acids is 1. The Kier molecular flexibility index (Phi) is 4.49. The van der Waals surface area contributed by atoms with Crippen molar-refractivity contribution in [2.45, 2.75) is 38.1 Å². The lowest BCUT2D eigenvalue weighted by Gasteiger charge is -2.28. The van der Waals surface area contributed by atoms with Crippen LogP contribution in [0.1, 0.15) is 32.1 Å². The number of carboxylic acid groups (broad SMARTS) is 1. The van der Waals surface area contributed by atoms with Gasteiger partial charge in [0.1, 0.15) is 17.9 Å². The molecule has 7 heteroatoms. The molecule has 0 saturated heterocycles. The molecule has 2 N–H and O–H groups in total. The first kappa shape index (κ1) is 14.2. The van der Waals surface area contributed by atoms with E-state index in [2.05, 4.69) is 10.3 Å². The molecule has 1 unspecified atom stereocenters. The van der Waals surface area contributed by atoms with Crippen molar-refractivity contribution in [2.75, 3.05) is 5.32 Å². The second-order valence-corrected chi connectivity index (χ2v) is 5.01. The fraction of sp³-hybridized carbons (Fsp3) is 0.538. The fourth-order valence-electron chi connectivity index (χ4n) is 2.67. The van der Waals surface area contributed by atoms with Crippen molar-refractivity contribution in [3.63, 3.8) is 0 Å². The Morgan fingerprint density at radius 1 is 1.45 bits per heavy atom. The Bertz CT molecular complexity index is 500. The van der Waals surface area contributed by atoms with Gasteiger partial charge in [-0.15, -0.1) is 0 Å². The molecule has 1 aromatic heterocycles. The van der Waals surface area contributed by atoms with E-state index in [1.54, 1.807) is 0 Å². The Hall–Kier alpha value is -2.18. The number of carboxylic acids is 1. The molecule has 1 aromatic rings. The summed E-state index contributed by atoms with van der Waals surface area (Å²) in [5, 5.41) is 23.1. The molecule has 108 valence electrons. The van der Waals surface area contributed by atoms with Crippen LogP contribution in [0, 0.1) is 16.0 Å². The minimum Gasteiger partial charge on any atom is -0.480 e. The van der Waals surface area contributed by atoms with Gasteiger partial charge in [0.25, 0.3) is 0 Å². The van der Waals surface area contributed by atoms with Gasteiger partial charge in [0.2, 0.25) is 0 Å². The first-order valence-electron chi connectivity index (χ1n) is 6.67. The van der Waals surface area contributed by atoms with Crippen LogP contribution in [0.15, 0.2) is 18.5 Å². The first-order chi connectivity index (χ1) is 9.59. The molecule has 0 bridgehead atoms. The van der Waals surface area contributed by atoms with Crippen LogP contribution in [0.5, 0.6) is 0 Å². The van der Waals surface area contributed by atoms with E-state index in [-0.39, 0.29) is 17.3 Å². The first-order valence-corrected chi connectivity index (χ1v) is 6.67. The zero-order valence-electron chi connectivity index (χ0n) is 11.0. The average Bonchev–Trinajstić information content (AvgIpc) is 2.45. The summed E-state index contributed by atoms with van der Waals surface area (Å²) in [5.41, 5.74) is 0.0116. The number of nitro groups is 1. The molecule has 1 saturated carbocycles. The minimum absolute atomic E-state index is 0.00835. The third-order valence-electron chi connectivity index (χ3n) is 3.70. The van der Waals surface area contributed by atoms with Crippen LogP contribution in [-0.4, -0.2) is 27.0 Å². The zero-order chi connectivity index (χ0) is 14.5. The number of aromatic nitrogens is 1. The van der Waals surface area contributed by atoms with E-state index in [0.29, 0.717) is 0 Å². The van der Waals surface area contributed by atoms with Crippen LogP contribution in [0.25, 0.3) is 0 Å². The quantitative estimate of drug-likeness (QED) is 0.633. The van der Waals surface area contributed by atoms with Crippen LogP contribution in [0.4, 0.5) is 11.4 Å². The van der Waals surface area contributed by atoms with Crippen LogP contribution < -0.4 is 5.32 Å². The predicted octanol–water partition coefficient (Wildman–Crippen LogP) is 2.44. The van der Waals surface area contributed by atoms with Gasteiger partial charge in [-0.05, 0) is 24.8 Å². The van der Waals surface area contributed by atoms with E-state index in [0.717, 1.165) is 38.3 Å². The molecule has 1 atom stereocenters. The van der Waals surface area contributed by atoms with Crippen molar-refractivity contribution in [1.82, 2.24) is 4.98 Å². The van der Waals surface area contributed by atoms with Crippen molar-refractivity contribution in [3.05, 3.63) is 28.6 Å². The normalized spacial score (nSPS) is 17.4. The van der Waals surface area contributed by atoms with Crippen LogP contribution in [0.3, 0.4) is 0 Å². The fourth-order valence-corrected chi connectivity index (χ4v) is 2.67. The standard InChI is InChI=1S/C13H17N3O4/c17-13(18)12(9-4-2-1-3-5-9)15-10-6-7-14-8-11(10)16(19)20/h6-9,12H,1-5H2,(H,14,15)(H,17,18). The van der Waals surface area contributed by atoms with Crippen LogP contribution in [0.2, 0.25) is 0 Å². The molecule has 20 heavy (non-hydrogen) atoms. The number of pyridine rings is 1. The van der Waals surface area contributed by atoms with E-state index in [1.165, 1.54) is 12.3 Å². The lowest BCUT2D eigenvalue weighted by Crippen LogP contribution is -2.38. The van der Waals surface area contributed by atoms with Gasteiger partial charge in [-0.3, -0.25) is 15.1 Å². The minimum atomic E-state index is -0.969. The van der Waals surface area contributed by atoms with Crippen LogP contribution in [-0.2, 0) is 4.79 Å². The molecule has 1 aliphatic carbocycles. The van der Waals surface area contributed by atoms with Gasteiger partial charge in [-0.1, -0.05) is 19.3 Å². The van der Waals surface area contributed by atoms with E-state index < -0.39 is 16.9 Å². The summed E-state index contributed by atoms with van der Waals surface area (Å²) in [6.45, 7) is 0. The average molecular weight is 279 g/mol. The smallest absolute Gasteiger partial charge is 0.326 e. The Morgan fingerprint density at radius 2 is 2.15 bits per heavy atom. The summed E-state index contributed by atoms with van der Waals surface area (Å²) in [5.74, 6) is -0.961. The molecular formula is C13H17N3O4. The second kappa shape index (κ2) is 6.31. The molecule has 0 amide bonds. The summed E-state index contributed by atoms with van der Waals surface area (Å²) < 4.78 is 0. The SMILES string of the molecule is O=C(O)C(Nc1ccncc1[N+](=O)[O-])C1CCCCC1. The van der Waals surface area contributed by atoms with Gasteiger partial charge in [0.15, 0.2) is 0 Å². The van der Waals surface area contributed by atoms with Crippen molar-refractivity contribution in [1.29, 1.82) is 0 Å². The molecule has 1 aliphatic rings. The lowest BCUT2D eigenvalue weighted by atomic mass is 9.84. The maximum absolute atomic E-state index is 11.4. The van der Waals surface area contributed by atoms with Crippen molar-refractivity contribution >= 4 is 17.3 Å². The van der Waals surface area contributed by atoms with Gasteiger partial charge >= 0.3 is 11.7 Å². The molecule has 0 radical (unpaired) electrons. The number of hydrogen-bond acceptors (Lipinski definition) is 5. The Labute approximate surface area is 116 Å². The van der Waals surface area contributed by atoms with Gasteiger partial charge in [0.05, 0.1) is 4.92 Å². The molecule has 1 fully saturated rings. The molecule has 7 nitrogen and oxygen atoms in total. The molecule has 0 aromatic carbocycles. The number of rotatable bonds is 5. The summed E-state index contributed by atoms with van der Waals surface area (Å²) in [7, 11) is 0. The van der Waals surface area contributed by atoms with E-state index in [4.69, 9.17) is 0 Å². The molecule has 0 aliphatic heterocycles. The highest BCUT2D eigenvalue weighted by Crippen LogP contribution is 2.30. The van der Waals surface area contributed by atoms with Crippen molar-refractivity contribution < 1.29 is 14.8 Å². The summed E-state index contributed by atoms with van der Waals surface area (Å²) in [6.07, 6.45) is 7.35. The maximum atomic E-state index is 11.4. The highest BCUT2D eigenvalue weighted by atomic mass is 16.6. The highest BCUT2D eigenvalue weighted by Gasteiger charge is 2.30. The third-order valence-corrected chi connectivity index (χ3v) is 3.70. The van der Waals surface area contributed by atoms with Gasteiger partial charge in [0, 0.05) is 6.20 Å². The molecule has 0 spiro atoms. The van der Waals surface area contributed by atoms with Crippen LogP contribution >= 0.6 is 0 Å². The third kappa shape index (κ3) is 3.23. The number of hydrogen-bond donors (Lipinski definition) is 2.